The third kappa shape index (κ3) is 3.60. The zero-order valence-electron chi connectivity index (χ0n) is 12.7. The number of carbonyl (C=O) groups is 1. The van der Waals surface area contributed by atoms with E-state index < -0.39 is 0 Å². The molecule has 0 aliphatic carbocycles. The third-order valence-electron chi connectivity index (χ3n) is 3.41. The van der Waals surface area contributed by atoms with Gasteiger partial charge in [-0.3, -0.25) is 4.79 Å². The molecule has 0 radical (unpaired) electrons. The largest absolute Gasteiger partial charge is 0.355 e. The van der Waals surface area contributed by atoms with Crippen LogP contribution >= 0.6 is 11.8 Å². The summed E-state index contributed by atoms with van der Waals surface area (Å²) in [6, 6.07) is 21.6. The number of aromatic nitrogens is 1. The number of nitrogens with one attached hydrogen (secondary N) is 1. The van der Waals surface area contributed by atoms with Crippen molar-refractivity contribution in [2.75, 3.05) is 7.05 Å². The fourth-order valence-electron chi connectivity index (χ4n) is 2.30. The van der Waals surface area contributed by atoms with Crippen molar-refractivity contribution >= 4 is 17.7 Å². The smallest absolute Gasteiger partial charge is 0.251 e. The van der Waals surface area contributed by atoms with Gasteiger partial charge in [0.2, 0.25) is 0 Å². The Morgan fingerprint density at radius 2 is 1.78 bits per heavy atom. The van der Waals surface area contributed by atoms with Crippen LogP contribution in [0.25, 0.3) is 11.1 Å². The number of amides is 1. The molecule has 0 bridgehead atoms. The van der Waals surface area contributed by atoms with E-state index in [-0.39, 0.29) is 5.91 Å². The summed E-state index contributed by atoms with van der Waals surface area (Å²) in [7, 11) is 1.65. The van der Waals surface area contributed by atoms with E-state index in [2.05, 4.69) is 10.3 Å². The molecule has 3 rings (SSSR count). The monoisotopic (exact) mass is 320 g/mol. The lowest BCUT2D eigenvalue weighted by atomic mass is 9.99. The van der Waals surface area contributed by atoms with E-state index in [4.69, 9.17) is 0 Å². The highest BCUT2D eigenvalue weighted by atomic mass is 32.2. The molecule has 2 aromatic carbocycles. The van der Waals surface area contributed by atoms with Gasteiger partial charge in [0.05, 0.1) is 0 Å². The molecule has 4 heteroatoms. The van der Waals surface area contributed by atoms with Gasteiger partial charge < -0.3 is 5.32 Å². The number of hydrogen-bond acceptors (Lipinski definition) is 3. The van der Waals surface area contributed by atoms with Gasteiger partial charge in [-0.15, -0.1) is 0 Å². The number of rotatable bonds is 4. The Morgan fingerprint density at radius 3 is 2.48 bits per heavy atom. The first-order valence-electron chi connectivity index (χ1n) is 7.28. The van der Waals surface area contributed by atoms with Crippen LogP contribution in [-0.4, -0.2) is 17.9 Å². The fraction of sp³-hybridized carbons (Fsp3) is 0.0526. The molecule has 0 aliphatic heterocycles. The maximum atomic E-state index is 12.1. The average molecular weight is 320 g/mol. The summed E-state index contributed by atoms with van der Waals surface area (Å²) in [6.07, 6.45) is 1.78. The zero-order chi connectivity index (χ0) is 16.1. The van der Waals surface area contributed by atoms with Gasteiger partial charge in [0.15, 0.2) is 0 Å². The number of benzene rings is 2. The predicted molar refractivity (Wildman–Crippen MR) is 93.6 cm³/mol. The van der Waals surface area contributed by atoms with E-state index in [1.807, 2.05) is 66.7 Å². The summed E-state index contributed by atoms with van der Waals surface area (Å²) >= 11 is 1.58. The molecule has 1 heterocycles. The summed E-state index contributed by atoms with van der Waals surface area (Å²) in [5, 5.41) is 3.63. The Kier molecular flexibility index (Phi) is 4.74. The minimum absolute atomic E-state index is 0.0850. The molecule has 0 unspecified atom stereocenters. The van der Waals surface area contributed by atoms with Crippen molar-refractivity contribution in [3.05, 3.63) is 78.5 Å². The molecule has 0 fully saturated rings. The van der Waals surface area contributed by atoms with Gasteiger partial charge in [-0.2, -0.15) is 0 Å². The summed E-state index contributed by atoms with van der Waals surface area (Å²) in [6.45, 7) is 0. The number of nitrogens with zero attached hydrogens (tertiary/aromatic N) is 1. The number of hydrogen-bond donors (Lipinski definition) is 1. The molecule has 114 valence electrons. The highest BCUT2D eigenvalue weighted by Crippen LogP contribution is 2.32. The number of carbonyl (C=O) groups excluding carboxylic acids is 1. The Bertz CT molecular complexity index is 804. The summed E-state index contributed by atoms with van der Waals surface area (Å²) < 4.78 is 0. The molecule has 1 N–H and O–H groups in total. The maximum Gasteiger partial charge on any atom is 0.251 e. The van der Waals surface area contributed by atoms with Crippen molar-refractivity contribution in [1.82, 2.24) is 10.3 Å². The van der Waals surface area contributed by atoms with Gasteiger partial charge in [0.25, 0.3) is 5.91 Å². The van der Waals surface area contributed by atoms with Crippen LogP contribution in [0, 0.1) is 0 Å². The topological polar surface area (TPSA) is 42.0 Å². The van der Waals surface area contributed by atoms with Gasteiger partial charge in [0.1, 0.15) is 5.03 Å². The molecular formula is C19H16N2OS. The van der Waals surface area contributed by atoms with Crippen molar-refractivity contribution in [1.29, 1.82) is 0 Å². The van der Waals surface area contributed by atoms with Gasteiger partial charge in [-0.1, -0.05) is 48.2 Å². The molecule has 0 atom stereocenters. The molecule has 1 aromatic heterocycles. The Labute approximate surface area is 139 Å². The van der Waals surface area contributed by atoms with E-state index in [0.717, 1.165) is 21.0 Å². The number of pyridine rings is 1. The molecule has 3 nitrogen and oxygen atoms in total. The first-order valence-corrected chi connectivity index (χ1v) is 8.10. The molecule has 1 amide bonds. The van der Waals surface area contributed by atoms with Gasteiger partial charge in [-0.25, -0.2) is 4.98 Å². The molecule has 0 saturated carbocycles. The van der Waals surface area contributed by atoms with E-state index >= 15 is 0 Å². The van der Waals surface area contributed by atoms with E-state index in [1.54, 1.807) is 25.0 Å². The molecule has 0 spiro atoms. The van der Waals surface area contributed by atoms with E-state index in [9.17, 15) is 4.79 Å². The van der Waals surface area contributed by atoms with Crippen LogP contribution < -0.4 is 5.32 Å². The van der Waals surface area contributed by atoms with Crippen LogP contribution in [0.3, 0.4) is 0 Å². The molecular weight excluding hydrogens is 304 g/mol. The average Bonchev–Trinajstić information content (AvgIpc) is 2.62. The molecule has 23 heavy (non-hydrogen) atoms. The highest BCUT2D eigenvalue weighted by Gasteiger charge is 2.13. The van der Waals surface area contributed by atoms with Crippen molar-refractivity contribution in [3.8, 4) is 11.1 Å². The fourth-order valence-corrected chi connectivity index (χ4v) is 3.12. The molecule has 3 aromatic rings. The van der Waals surface area contributed by atoms with Gasteiger partial charge >= 0.3 is 0 Å². The quantitative estimate of drug-likeness (QED) is 0.781. The lowest BCUT2D eigenvalue weighted by Crippen LogP contribution is -2.18. The Morgan fingerprint density at radius 1 is 1.00 bits per heavy atom. The Hall–Kier alpha value is -2.59. The summed E-state index contributed by atoms with van der Waals surface area (Å²) in [4.78, 5) is 17.5. The van der Waals surface area contributed by atoms with E-state index in [1.165, 1.54) is 0 Å². The van der Waals surface area contributed by atoms with Gasteiger partial charge in [-0.05, 0) is 41.5 Å². The predicted octanol–water partition coefficient (Wildman–Crippen LogP) is 4.26. The first kappa shape index (κ1) is 15.3. The van der Waals surface area contributed by atoms with Crippen LogP contribution in [0.4, 0.5) is 0 Å². The van der Waals surface area contributed by atoms with Crippen LogP contribution in [0.2, 0.25) is 0 Å². The normalized spacial score (nSPS) is 10.3. The maximum absolute atomic E-state index is 12.1. The van der Waals surface area contributed by atoms with Gasteiger partial charge in [0, 0.05) is 23.7 Å². The standard InChI is InChI=1S/C19H16N2OS/c1-20-19(22)16-11-10-15(23-18-9-5-6-12-21-18)13-17(16)14-7-3-2-4-8-14/h2-13H,1H3,(H,20,22). The minimum atomic E-state index is -0.0850. The summed E-state index contributed by atoms with van der Waals surface area (Å²) in [5.74, 6) is -0.0850. The second-order valence-electron chi connectivity index (χ2n) is 4.92. The second-order valence-corrected chi connectivity index (χ2v) is 6.02. The molecule has 0 aliphatic rings. The van der Waals surface area contributed by atoms with Crippen LogP contribution in [0.15, 0.2) is 82.8 Å². The van der Waals surface area contributed by atoms with Crippen molar-refractivity contribution < 1.29 is 4.79 Å². The highest BCUT2D eigenvalue weighted by molar-refractivity contribution is 7.99. The first-order chi connectivity index (χ1) is 11.3. The van der Waals surface area contributed by atoms with Crippen molar-refractivity contribution in [2.45, 2.75) is 9.92 Å². The van der Waals surface area contributed by atoms with Crippen LogP contribution in [0.1, 0.15) is 10.4 Å². The summed E-state index contributed by atoms with van der Waals surface area (Å²) in [5.41, 5.74) is 2.62. The van der Waals surface area contributed by atoms with E-state index in [0.29, 0.717) is 5.56 Å². The van der Waals surface area contributed by atoms with Crippen molar-refractivity contribution in [3.63, 3.8) is 0 Å². The molecule has 0 saturated heterocycles. The van der Waals surface area contributed by atoms with Crippen molar-refractivity contribution in [2.24, 2.45) is 0 Å². The lowest BCUT2D eigenvalue weighted by Gasteiger charge is -2.11. The second kappa shape index (κ2) is 7.11. The zero-order valence-corrected chi connectivity index (χ0v) is 13.5. The van der Waals surface area contributed by atoms with Crippen LogP contribution in [0.5, 0.6) is 0 Å². The third-order valence-corrected chi connectivity index (χ3v) is 4.35. The van der Waals surface area contributed by atoms with Crippen LogP contribution in [-0.2, 0) is 0 Å². The lowest BCUT2D eigenvalue weighted by molar-refractivity contribution is 0.0963. The minimum Gasteiger partial charge on any atom is -0.355 e. The SMILES string of the molecule is CNC(=O)c1ccc(Sc2ccccn2)cc1-c1ccccc1. The Balaban J connectivity index is 2.03.